The topological polar surface area (TPSA) is 147 Å². The van der Waals surface area contributed by atoms with Crippen molar-refractivity contribution in [2.45, 2.75) is 6.61 Å². The highest BCUT2D eigenvalue weighted by Crippen LogP contribution is 2.32. The zero-order valence-electron chi connectivity index (χ0n) is 17.2. The molecule has 0 saturated heterocycles. The van der Waals surface area contributed by atoms with Crippen LogP contribution in [0.4, 0.5) is 24.5 Å². The van der Waals surface area contributed by atoms with Crippen LogP contribution in [0.3, 0.4) is 0 Å². The molecule has 3 aromatic rings. The van der Waals surface area contributed by atoms with Crippen LogP contribution in [0.1, 0.15) is 5.56 Å². The standard InChI is InChI=1S/C21H18F3N3O6/c1-31-15(29)6-27-7-16(30)32-8-10-18(23)20(26)17-13(28)5-14(33-21(17)19(10)24)9-2-3-12(25)11(22)4-9/h2-5,27H,6-8,25-26H2,1H3. The van der Waals surface area contributed by atoms with Gasteiger partial charge in [0.25, 0.3) is 0 Å². The summed E-state index contributed by atoms with van der Waals surface area (Å²) in [4.78, 5) is 35.3. The molecule has 0 atom stereocenters. The van der Waals surface area contributed by atoms with Crippen LogP contribution in [0.2, 0.25) is 0 Å². The second kappa shape index (κ2) is 9.61. The summed E-state index contributed by atoms with van der Waals surface area (Å²) in [6.07, 6.45) is 0. The maximum Gasteiger partial charge on any atom is 0.320 e. The first kappa shape index (κ1) is 23.6. The van der Waals surface area contributed by atoms with E-state index in [0.29, 0.717) is 0 Å². The molecule has 33 heavy (non-hydrogen) atoms. The van der Waals surface area contributed by atoms with Gasteiger partial charge < -0.3 is 25.4 Å². The number of nitrogen functional groups attached to an aromatic ring is 2. The van der Waals surface area contributed by atoms with Crippen LogP contribution in [0.15, 0.2) is 33.5 Å². The van der Waals surface area contributed by atoms with Gasteiger partial charge in [0, 0.05) is 11.6 Å². The van der Waals surface area contributed by atoms with E-state index in [-0.39, 0.29) is 23.6 Å². The summed E-state index contributed by atoms with van der Waals surface area (Å²) in [7, 11) is 1.16. The quantitative estimate of drug-likeness (QED) is 0.351. The van der Waals surface area contributed by atoms with Gasteiger partial charge in [-0.25, -0.2) is 13.2 Å². The Balaban J connectivity index is 1.94. The first-order valence-corrected chi connectivity index (χ1v) is 9.35. The van der Waals surface area contributed by atoms with Gasteiger partial charge in [0.1, 0.15) is 18.2 Å². The molecule has 0 aliphatic heterocycles. The molecule has 5 N–H and O–H groups in total. The third-order valence-electron chi connectivity index (χ3n) is 4.61. The van der Waals surface area contributed by atoms with Crippen molar-refractivity contribution in [2.75, 3.05) is 31.7 Å². The third-order valence-corrected chi connectivity index (χ3v) is 4.61. The number of rotatable bonds is 7. The molecule has 0 bridgehead atoms. The zero-order chi connectivity index (χ0) is 24.3. The minimum absolute atomic E-state index is 0.0765. The van der Waals surface area contributed by atoms with Gasteiger partial charge in [0.2, 0.25) is 0 Å². The first-order valence-electron chi connectivity index (χ1n) is 9.35. The Morgan fingerprint density at radius 2 is 1.76 bits per heavy atom. The summed E-state index contributed by atoms with van der Waals surface area (Å²) in [5.74, 6) is -5.18. The lowest BCUT2D eigenvalue weighted by Crippen LogP contribution is -2.30. The SMILES string of the molecule is COC(=O)CNCC(=O)OCc1c(F)c(N)c2c(=O)cc(-c3ccc(N)c(F)c3)oc2c1F. The Morgan fingerprint density at radius 1 is 1.06 bits per heavy atom. The summed E-state index contributed by atoms with van der Waals surface area (Å²) < 4.78 is 58.2. The molecule has 0 aliphatic rings. The number of nitrogens with one attached hydrogen (secondary N) is 1. The largest absolute Gasteiger partial charge is 0.468 e. The number of benzene rings is 2. The number of hydrogen-bond donors (Lipinski definition) is 3. The average Bonchev–Trinajstić information content (AvgIpc) is 2.78. The van der Waals surface area contributed by atoms with Crippen LogP contribution in [0, 0.1) is 17.5 Å². The molecule has 9 nitrogen and oxygen atoms in total. The molecule has 12 heteroatoms. The number of hydrogen-bond acceptors (Lipinski definition) is 9. The van der Waals surface area contributed by atoms with Crippen molar-refractivity contribution < 1.29 is 36.7 Å². The van der Waals surface area contributed by atoms with E-state index in [1.165, 1.54) is 12.1 Å². The number of fused-ring (bicyclic) bond motifs is 1. The summed E-state index contributed by atoms with van der Waals surface area (Å²) in [6.45, 7) is -1.60. The maximum atomic E-state index is 15.1. The van der Waals surface area contributed by atoms with Crippen molar-refractivity contribution in [2.24, 2.45) is 0 Å². The first-order chi connectivity index (χ1) is 15.6. The van der Waals surface area contributed by atoms with Gasteiger partial charge in [-0.3, -0.25) is 19.7 Å². The summed E-state index contributed by atoms with van der Waals surface area (Å²) >= 11 is 0. The van der Waals surface area contributed by atoms with Crippen LogP contribution >= 0.6 is 0 Å². The molecule has 2 aromatic carbocycles. The van der Waals surface area contributed by atoms with Crippen molar-refractivity contribution in [1.82, 2.24) is 5.32 Å². The van der Waals surface area contributed by atoms with E-state index in [4.69, 9.17) is 20.6 Å². The highest BCUT2D eigenvalue weighted by Gasteiger charge is 2.24. The van der Waals surface area contributed by atoms with Gasteiger partial charge in [0.15, 0.2) is 22.6 Å². The lowest BCUT2D eigenvalue weighted by molar-refractivity contribution is -0.144. The van der Waals surface area contributed by atoms with E-state index in [1.54, 1.807) is 0 Å². The highest BCUT2D eigenvalue weighted by molar-refractivity contribution is 5.91. The van der Waals surface area contributed by atoms with Crippen LogP contribution in [0.25, 0.3) is 22.3 Å². The van der Waals surface area contributed by atoms with Gasteiger partial charge in [-0.2, -0.15) is 0 Å². The molecular weight excluding hydrogens is 447 g/mol. The number of halogens is 3. The normalized spacial score (nSPS) is 10.9. The van der Waals surface area contributed by atoms with E-state index in [2.05, 4.69) is 10.1 Å². The molecule has 0 radical (unpaired) electrons. The predicted octanol–water partition coefficient (Wildman–Crippen LogP) is 1.85. The number of methoxy groups -OCH3 is 1. The third kappa shape index (κ3) is 4.90. The number of nitrogens with two attached hydrogens (primary N) is 2. The monoisotopic (exact) mass is 465 g/mol. The lowest BCUT2D eigenvalue weighted by Gasteiger charge is -2.12. The molecular formula is C21H18F3N3O6. The zero-order valence-corrected chi connectivity index (χ0v) is 17.2. The van der Waals surface area contributed by atoms with Gasteiger partial charge in [-0.1, -0.05) is 0 Å². The Morgan fingerprint density at radius 3 is 2.42 bits per heavy atom. The summed E-state index contributed by atoms with van der Waals surface area (Å²) in [5, 5.41) is 1.87. The molecule has 0 unspecified atom stereocenters. The minimum atomic E-state index is -1.32. The Labute approximate surface area is 184 Å². The number of esters is 2. The average molecular weight is 465 g/mol. The maximum absolute atomic E-state index is 15.1. The lowest BCUT2D eigenvalue weighted by atomic mass is 10.1. The molecule has 0 saturated carbocycles. The van der Waals surface area contributed by atoms with Crippen molar-refractivity contribution in [1.29, 1.82) is 0 Å². The fraction of sp³-hybridized carbons (Fsp3) is 0.190. The predicted molar refractivity (Wildman–Crippen MR) is 111 cm³/mol. The van der Waals surface area contributed by atoms with Crippen LogP contribution in [0.5, 0.6) is 0 Å². The summed E-state index contributed by atoms with van der Waals surface area (Å²) in [5.41, 5.74) is 8.01. The van der Waals surface area contributed by atoms with Crippen molar-refractivity contribution >= 4 is 34.3 Å². The Hall–Kier alpha value is -4.06. The number of ether oxygens (including phenoxy) is 2. The molecule has 3 rings (SSSR count). The fourth-order valence-electron chi connectivity index (χ4n) is 2.90. The molecule has 174 valence electrons. The molecule has 0 aliphatic carbocycles. The Kier molecular flexibility index (Phi) is 6.87. The molecule has 0 fully saturated rings. The summed E-state index contributed by atoms with van der Waals surface area (Å²) in [6, 6.07) is 4.46. The van der Waals surface area contributed by atoms with Crippen LogP contribution in [-0.2, 0) is 25.7 Å². The molecule has 1 aromatic heterocycles. The van der Waals surface area contributed by atoms with E-state index in [0.717, 1.165) is 19.2 Å². The Bertz CT molecular complexity index is 1310. The second-order valence-electron chi connectivity index (χ2n) is 6.78. The number of carbonyl (C=O) groups excluding carboxylic acids is 2. The number of anilines is 2. The molecule has 0 spiro atoms. The van der Waals surface area contributed by atoms with E-state index < -0.39 is 70.2 Å². The van der Waals surface area contributed by atoms with Gasteiger partial charge in [0.05, 0.1) is 42.5 Å². The second-order valence-corrected chi connectivity index (χ2v) is 6.78. The van der Waals surface area contributed by atoms with Crippen LogP contribution in [-0.4, -0.2) is 32.1 Å². The van der Waals surface area contributed by atoms with Crippen molar-refractivity contribution in [3.8, 4) is 11.3 Å². The van der Waals surface area contributed by atoms with Gasteiger partial charge >= 0.3 is 11.9 Å². The van der Waals surface area contributed by atoms with E-state index in [1.807, 2.05) is 0 Å². The molecule has 1 heterocycles. The smallest absolute Gasteiger partial charge is 0.320 e. The van der Waals surface area contributed by atoms with E-state index >= 15 is 4.39 Å². The van der Waals surface area contributed by atoms with Crippen molar-refractivity contribution in [3.63, 3.8) is 0 Å². The van der Waals surface area contributed by atoms with Crippen LogP contribution < -0.4 is 22.2 Å². The van der Waals surface area contributed by atoms with Gasteiger partial charge in [-0.05, 0) is 18.2 Å². The van der Waals surface area contributed by atoms with Gasteiger partial charge in [-0.15, -0.1) is 0 Å². The van der Waals surface area contributed by atoms with Crippen molar-refractivity contribution in [3.05, 3.63) is 57.5 Å². The molecule has 0 amide bonds. The number of carbonyl (C=O) groups is 2. The minimum Gasteiger partial charge on any atom is -0.468 e. The fourth-order valence-corrected chi connectivity index (χ4v) is 2.90. The highest BCUT2D eigenvalue weighted by atomic mass is 19.1. The van der Waals surface area contributed by atoms with E-state index in [9.17, 15) is 23.2 Å².